The molecule has 0 saturated carbocycles. The fourth-order valence-corrected chi connectivity index (χ4v) is 3.00. The van der Waals surface area contributed by atoms with Crippen LogP contribution in [0.2, 0.25) is 0 Å². The maximum Gasteiger partial charge on any atom is 0.178 e. The Morgan fingerprint density at radius 1 is 1.17 bits per heavy atom. The monoisotopic (exact) mass is 274 g/mol. The zero-order valence-electron chi connectivity index (χ0n) is 9.84. The number of hydrogen-bond donors (Lipinski definition) is 0. The van der Waals surface area contributed by atoms with Gasteiger partial charge in [-0.1, -0.05) is 0 Å². The third-order valence-corrected chi connectivity index (χ3v) is 4.45. The molecule has 0 bridgehead atoms. The standard InChI is InChI=1S/C12H15FO4S/c13-10-2-4-11(5-3-10)18(14,15)9-6-12-16-7-1-8-17-12/h2-5,12H,1,6-9H2. The van der Waals surface area contributed by atoms with Gasteiger partial charge in [0.15, 0.2) is 16.1 Å². The van der Waals surface area contributed by atoms with E-state index in [9.17, 15) is 12.8 Å². The van der Waals surface area contributed by atoms with E-state index in [-0.39, 0.29) is 10.6 Å². The van der Waals surface area contributed by atoms with Gasteiger partial charge in [0.2, 0.25) is 0 Å². The molecule has 0 N–H and O–H groups in total. The average molecular weight is 274 g/mol. The molecule has 1 aromatic carbocycles. The zero-order valence-corrected chi connectivity index (χ0v) is 10.7. The fourth-order valence-electron chi connectivity index (χ4n) is 1.71. The van der Waals surface area contributed by atoms with Crippen molar-refractivity contribution in [3.05, 3.63) is 30.1 Å². The second-order valence-corrected chi connectivity index (χ2v) is 6.20. The fraction of sp³-hybridized carbons (Fsp3) is 0.500. The smallest absolute Gasteiger partial charge is 0.178 e. The summed E-state index contributed by atoms with van der Waals surface area (Å²) in [5.74, 6) is -0.517. The van der Waals surface area contributed by atoms with Crippen LogP contribution in [0.15, 0.2) is 29.2 Å². The van der Waals surface area contributed by atoms with E-state index < -0.39 is 21.9 Å². The number of ether oxygens (including phenoxy) is 2. The predicted octanol–water partition coefficient (Wildman–Crippen LogP) is 1.75. The first-order chi connectivity index (χ1) is 8.58. The molecule has 1 aliphatic rings. The van der Waals surface area contributed by atoms with Gasteiger partial charge in [0, 0.05) is 6.42 Å². The van der Waals surface area contributed by atoms with Crippen molar-refractivity contribution < 1.29 is 22.3 Å². The Morgan fingerprint density at radius 2 is 1.78 bits per heavy atom. The van der Waals surface area contributed by atoms with E-state index in [2.05, 4.69) is 0 Å². The van der Waals surface area contributed by atoms with Crippen LogP contribution in [0.5, 0.6) is 0 Å². The molecule has 0 atom stereocenters. The second kappa shape index (κ2) is 5.77. The highest BCUT2D eigenvalue weighted by Crippen LogP contribution is 2.16. The number of benzene rings is 1. The molecule has 4 nitrogen and oxygen atoms in total. The molecule has 0 unspecified atom stereocenters. The highest BCUT2D eigenvalue weighted by atomic mass is 32.2. The lowest BCUT2D eigenvalue weighted by Crippen LogP contribution is -2.27. The largest absolute Gasteiger partial charge is 0.353 e. The minimum absolute atomic E-state index is 0.0662. The van der Waals surface area contributed by atoms with E-state index in [4.69, 9.17) is 9.47 Å². The van der Waals surface area contributed by atoms with Crippen LogP contribution in [0.25, 0.3) is 0 Å². The first-order valence-electron chi connectivity index (χ1n) is 5.79. The highest BCUT2D eigenvalue weighted by molar-refractivity contribution is 7.91. The molecule has 0 spiro atoms. The topological polar surface area (TPSA) is 52.6 Å². The number of hydrogen-bond acceptors (Lipinski definition) is 4. The molecular weight excluding hydrogens is 259 g/mol. The van der Waals surface area contributed by atoms with Gasteiger partial charge < -0.3 is 9.47 Å². The molecule has 0 amide bonds. The van der Waals surface area contributed by atoms with E-state index in [0.29, 0.717) is 19.6 Å². The molecule has 1 saturated heterocycles. The number of sulfone groups is 1. The second-order valence-electron chi connectivity index (χ2n) is 4.09. The molecule has 6 heteroatoms. The van der Waals surface area contributed by atoms with Gasteiger partial charge >= 0.3 is 0 Å². The summed E-state index contributed by atoms with van der Waals surface area (Å²) < 4.78 is 47.2. The first-order valence-corrected chi connectivity index (χ1v) is 7.45. The summed E-state index contributed by atoms with van der Waals surface area (Å²) in [7, 11) is -3.40. The van der Waals surface area contributed by atoms with Crippen molar-refractivity contribution >= 4 is 9.84 Å². The Labute approximate surface area is 106 Å². The van der Waals surface area contributed by atoms with E-state index in [0.717, 1.165) is 18.6 Å². The van der Waals surface area contributed by atoms with Crippen molar-refractivity contribution in [2.24, 2.45) is 0 Å². The Balaban J connectivity index is 1.96. The van der Waals surface area contributed by atoms with Crippen LogP contribution in [0.4, 0.5) is 4.39 Å². The molecule has 1 fully saturated rings. The van der Waals surface area contributed by atoms with Crippen molar-refractivity contribution in [2.45, 2.75) is 24.0 Å². The van der Waals surface area contributed by atoms with Gasteiger partial charge in [0.1, 0.15) is 5.82 Å². The first kappa shape index (κ1) is 13.5. The third-order valence-electron chi connectivity index (χ3n) is 2.69. The lowest BCUT2D eigenvalue weighted by molar-refractivity contribution is -0.178. The van der Waals surface area contributed by atoms with E-state index in [1.54, 1.807) is 0 Å². The minimum atomic E-state index is -3.40. The van der Waals surface area contributed by atoms with Crippen LogP contribution in [0, 0.1) is 5.82 Å². The molecule has 0 aromatic heterocycles. The Morgan fingerprint density at radius 3 is 2.39 bits per heavy atom. The van der Waals surface area contributed by atoms with Gasteiger partial charge in [-0.2, -0.15) is 0 Å². The Kier molecular flexibility index (Phi) is 4.31. The molecule has 1 aliphatic heterocycles. The van der Waals surface area contributed by atoms with Crippen LogP contribution >= 0.6 is 0 Å². The maximum atomic E-state index is 12.7. The average Bonchev–Trinajstić information content (AvgIpc) is 2.38. The van der Waals surface area contributed by atoms with Crippen LogP contribution in [-0.4, -0.2) is 33.7 Å². The van der Waals surface area contributed by atoms with Gasteiger partial charge in [0.25, 0.3) is 0 Å². The maximum absolute atomic E-state index is 12.7. The summed E-state index contributed by atoms with van der Waals surface area (Å²) in [6.45, 7) is 1.20. The van der Waals surface area contributed by atoms with Crippen molar-refractivity contribution in [2.75, 3.05) is 19.0 Å². The molecule has 100 valence electrons. The lowest BCUT2D eigenvalue weighted by Gasteiger charge is -2.22. The van der Waals surface area contributed by atoms with Gasteiger partial charge in [0.05, 0.1) is 23.9 Å². The Hall–Kier alpha value is -0.980. The molecule has 2 rings (SSSR count). The molecule has 18 heavy (non-hydrogen) atoms. The quantitative estimate of drug-likeness (QED) is 0.785. The number of rotatable bonds is 4. The van der Waals surface area contributed by atoms with E-state index >= 15 is 0 Å². The van der Waals surface area contributed by atoms with Crippen molar-refractivity contribution in [1.29, 1.82) is 0 Å². The third kappa shape index (κ3) is 3.51. The number of halogens is 1. The van der Waals surface area contributed by atoms with E-state index in [1.165, 1.54) is 12.1 Å². The Bertz CT molecular complexity index is 477. The van der Waals surface area contributed by atoms with Gasteiger partial charge in [-0.15, -0.1) is 0 Å². The van der Waals surface area contributed by atoms with Crippen molar-refractivity contribution in [1.82, 2.24) is 0 Å². The molecule has 1 aromatic rings. The molecule has 0 radical (unpaired) electrons. The van der Waals surface area contributed by atoms with E-state index in [1.807, 2.05) is 0 Å². The normalized spacial score (nSPS) is 17.8. The summed E-state index contributed by atoms with van der Waals surface area (Å²) in [4.78, 5) is 0.125. The SMILES string of the molecule is O=S(=O)(CCC1OCCCO1)c1ccc(F)cc1. The minimum Gasteiger partial charge on any atom is -0.353 e. The summed E-state index contributed by atoms with van der Waals surface area (Å²) in [6.07, 6.45) is 0.676. The molecular formula is C12H15FO4S. The van der Waals surface area contributed by atoms with Crippen LogP contribution in [0.1, 0.15) is 12.8 Å². The zero-order chi connectivity index (χ0) is 13.0. The summed E-state index contributed by atoms with van der Waals surface area (Å²) in [6, 6.07) is 4.82. The molecule has 1 heterocycles. The summed E-state index contributed by atoms with van der Waals surface area (Å²) in [5, 5.41) is 0. The highest BCUT2D eigenvalue weighted by Gasteiger charge is 2.20. The molecule has 0 aliphatic carbocycles. The van der Waals surface area contributed by atoms with Crippen LogP contribution in [0.3, 0.4) is 0 Å². The van der Waals surface area contributed by atoms with Crippen molar-refractivity contribution in [3.63, 3.8) is 0 Å². The lowest BCUT2D eigenvalue weighted by atomic mass is 10.3. The van der Waals surface area contributed by atoms with Gasteiger partial charge in [-0.05, 0) is 30.7 Å². The van der Waals surface area contributed by atoms with Crippen LogP contribution in [-0.2, 0) is 19.3 Å². The van der Waals surface area contributed by atoms with Gasteiger partial charge in [-0.3, -0.25) is 0 Å². The summed E-state index contributed by atoms with van der Waals surface area (Å²) in [5.41, 5.74) is 0. The van der Waals surface area contributed by atoms with Gasteiger partial charge in [-0.25, -0.2) is 12.8 Å². The predicted molar refractivity (Wildman–Crippen MR) is 63.4 cm³/mol. The van der Waals surface area contributed by atoms with Crippen LogP contribution < -0.4 is 0 Å². The summed E-state index contributed by atoms with van der Waals surface area (Å²) >= 11 is 0. The van der Waals surface area contributed by atoms with Crippen molar-refractivity contribution in [3.8, 4) is 0 Å².